The molecule has 3 heterocycles. The summed E-state index contributed by atoms with van der Waals surface area (Å²) in [6.07, 6.45) is -2.01. The van der Waals surface area contributed by atoms with E-state index in [4.69, 9.17) is 14.7 Å². The molecule has 3 aromatic rings. The fourth-order valence-electron chi connectivity index (χ4n) is 5.13. The van der Waals surface area contributed by atoms with Crippen LogP contribution in [-0.4, -0.2) is 85.7 Å². The van der Waals surface area contributed by atoms with E-state index >= 15 is 0 Å². The van der Waals surface area contributed by atoms with Crippen LogP contribution in [0, 0.1) is 11.3 Å². The lowest BCUT2D eigenvalue weighted by atomic mass is 10.1. The number of nitrogens with one attached hydrogen (secondary N) is 1. The fraction of sp³-hybridized carbons (Fsp3) is 0.485. The van der Waals surface area contributed by atoms with E-state index in [0.717, 1.165) is 23.6 Å². The molecule has 1 atom stereocenters. The van der Waals surface area contributed by atoms with Crippen molar-refractivity contribution < 1.29 is 27.4 Å². The summed E-state index contributed by atoms with van der Waals surface area (Å²) in [6.45, 7) is 8.65. The Bertz CT molecular complexity index is 1580. The first kappa shape index (κ1) is 36.6. The first-order chi connectivity index (χ1) is 22.8. The van der Waals surface area contributed by atoms with Crippen molar-refractivity contribution in [2.24, 2.45) is 0 Å². The van der Waals surface area contributed by atoms with Crippen LogP contribution >= 0.6 is 0 Å². The van der Waals surface area contributed by atoms with Crippen LogP contribution in [0.25, 0.3) is 0 Å². The average Bonchev–Trinajstić information content (AvgIpc) is 3.05. The molecule has 1 N–H and O–H groups in total. The molecule has 1 aliphatic heterocycles. The summed E-state index contributed by atoms with van der Waals surface area (Å²) in [5.41, 5.74) is -1.75. The van der Waals surface area contributed by atoms with E-state index < -0.39 is 37.1 Å². The number of carbonyl (C=O) groups is 1. The highest BCUT2D eigenvalue weighted by atomic mass is 28.3. The Kier molecular flexibility index (Phi) is 12.7. The average molecular weight is 686 g/mol. The molecular formula is C33H42F3N7O4Si. The van der Waals surface area contributed by atoms with Crippen molar-refractivity contribution in [3.05, 3.63) is 81.9 Å². The molecule has 1 amide bonds. The van der Waals surface area contributed by atoms with E-state index in [1.54, 1.807) is 17.0 Å². The van der Waals surface area contributed by atoms with Crippen LogP contribution in [0.4, 0.5) is 24.7 Å². The summed E-state index contributed by atoms with van der Waals surface area (Å²) in [7, 11) is -1.42. The molecule has 1 unspecified atom stereocenters. The van der Waals surface area contributed by atoms with Gasteiger partial charge in [-0.3, -0.25) is 9.59 Å². The standard InChI is InChI=1S/C33H42F3N7O4Si/c1-48(2,3)18-17-47-24-43-32(45)31(33(34,35)36)28(22-39-43)40-27(19-25-7-5-4-6-8-25)23-46-16-11-30(44)42-14-12-41(13-15-42)29-10-9-26(20-37)21-38-29/h4-10,21-22,27,40H,11-19,23-24H2,1-3H3. The number of ether oxygens (including phenoxy) is 2. The zero-order valence-electron chi connectivity index (χ0n) is 27.5. The number of halogens is 3. The number of anilines is 2. The number of hydrogen-bond donors (Lipinski definition) is 1. The third-order valence-electron chi connectivity index (χ3n) is 7.83. The van der Waals surface area contributed by atoms with Gasteiger partial charge in [0.05, 0.1) is 43.1 Å². The number of carbonyl (C=O) groups excluding carboxylic acids is 1. The predicted octanol–water partition coefficient (Wildman–Crippen LogP) is 4.62. The van der Waals surface area contributed by atoms with Gasteiger partial charge in [0, 0.05) is 47.1 Å². The van der Waals surface area contributed by atoms with Gasteiger partial charge in [0.25, 0.3) is 5.56 Å². The largest absolute Gasteiger partial charge is 0.423 e. The van der Waals surface area contributed by atoms with Crippen molar-refractivity contribution in [3.63, 3.8) is 0 Å². The van der Waals surface area contributed by atoms with E-state index in [0.29, 0.717) is 49.5 Å². The Labute approximate surface area is 279 Å². The Hall–Kier alpha value is -4.26. The van der Waals surface area contributed by atoms with Gasteiger partial charge in [-0.25, -0.2) is 9.67 Å². The normalized spacial score (nSPS) is 14.4. The molecule has 11 nitrogen and oxygen atoms in total. The van der Waals surface area contributed by atoms with Gasteiger partial charge in [0.2, 0.25) is 5.91 Å². The van der Waals surface area contributed by atoms with Crippen LogP contribution in [0.2, 0.25) is 25.7 Å². The molecular weight excluding hydrogens is 643 g/mol. The zero-order chi connectivity index (χ0) is 34.7. The van der Waals surface area contributed by atoms with Gasteiger partial charge in [-0.15, -0.1) is 0 Å². The number of benzene rings is 1. The van der Waals surface area contributed by atoms with Gasteiger partial charge in [-0.2, -0.15) is 23.5 Å². The summed E-state index contributed by atoms with van der Waals surface area (Å²) in [5.74, 6) is 0.655. The van der Waals surface area contributed by atoms with Crippen LogP contribution in [-0.2, 0) is 33.6 Å². The van der Waals surface area contributed by atoms with Crippen LogP contribution in [0.1, 0.15) is 23.1 Å². The second kappa shape index (κ2) is 16.7. The summed E-state index contributed by atoms with van der Waals surface area (Å²) < 4.78 is 54.7. The highest BCUT2D eigenvalue weighted by Gasteiger charge is 2.39. The molecule has 15 heteroatoms. The number of hydrogen-bond acceptors (Lipinski definition) is 9. The van der Waals surface area contributed by atoms with E-state index in [-0.39, 0.29) is 32.3 Å². The molecule has 0 spiro atoms. The summed E-state index contributed by atoms with van der Waals surface area (Å²) in [6, 6.07) is 14.9. The number of aromatic nitrogens is 3. The molecule has 48 heavy (non-hydrogen) atoms. The first-order valence-electron chi connectivity index (χ1n) is 15.9. The number of alkyl halides is 3. The molecule has 1 fully saturated rings. The number of nitriles is 1. The fourth-order valence-corrected chi connectivity index (χ4v) is 5.89. The second-order valence-electron chi connectivity index (χ2n) is 12.8. The van der Waals surface area contributed by atoms with E-state index in [1.165, 1.54) is 6.20 Å². The van der Waals surface area contributed by atoms with Gasteiger partial charge >= 0.3 is 6.18 Å². The molecule has 0 bridgehead atoms. The van der Waals surface area contributed by atoms with Crippen molar-refractivity contribution >= 4 is 25.5 Å². The number of piperazine rings is 1. The molecule has 4 rings (SSSR count). The van der Waals surface area contributed by atoms with Crippen molar-refractivity contribution in [3.8, 4) is 6.07 Å². The monoisotopic (exact) mass is 685 g/mol. The lowest BCUT2D eigenvalue weighted by molar-refractivity contribution is -0.138. The summed E-state index contributed by atoms with van der Waals surface area (Å²) in [4.78, 5) is 34.0. The van der Waals surface area contributed by atoms with Crippen molar-refractivity contribution in [2.75, 3.05) is 56.2 Å². The van der Waals surface area contributed by atoms with Gasteiger partial charge < -0.3 is 24.6 Å². The third kappa shape index (κ3) is 10.9. The molecule has 2 aromatic heterocycles. The molecule has 0 saturated carbocycles. The topological polar surface area (TPSA) is 126 Å². The first-order valence-corrected chi connectivity index (χ1v) is 19.6. The van der Waals surface area contributed by atoms with Gasteiger partial charge in [0.15, 0.2) is 0 Å². The third-order valence-corrected chi connectivity index (χ3v) is 9.54. The lowest BCUT2D eigenvalue weighted by Crippen LogP contribution is -2.49. The Morgan fingerprint density at radius 1 is 1.04 bits per heavy atom. The lowest BCUT2D eigenvalue weighted by Gasteiger charge is -2.35. The maximum Gasteiger partial charge on any atom is 0.423 e. The number of pyridine rings is 1. The minimum Gasteiger partial charge on any atom is -0.379 e. The molecule has 258 valence electrons. The van der Waals surface area contributed by atoms with Crippen LogP contribution in [0.5, 0.6) is 0 Å². The van der Waals surface area contributed by atoms with Crippen molar-refractivity contribution in [1.29, 1.82) is 5.26 Å². The molecule has 0 aliphatic carbocycles. The van der Waals surface area contributed by atoms with Crippen molar-refractivity contribution in [2.45, 2.75) is 57.5 Å². The van der Waals surface area contributed by atoms with E-state index in [1.807, 2.05) is 41.3 Å². The number of nitrogens with zero attached hydrogens (tertiary/aromatic N) is 6. The Balaban J connectivity index is 1.35. The molecule has 1 aliphatic rings. The molecule has 1 saturated heterocycles. The van der Waals surface area contributed by atoms with Gasteiger partial charge in [0.1, 0.15) is 24.2 Å². The van der Waals surface area contributed by atoms with Crippen molar-refractivity contribution in [1.82, 2.24) is 19.7 Å². The molecule has 0 radical (unpaired) electrons. The highest BCUT2D eigenvalue weighted by molar-refractivity contribution is 6.76. The van der Waals surface area contributed by atoms with Crippen LogP contribution in [0.3, 0.4) is 0 Å². The van der Waals surface area contributed by atoms with E-state index in [2.05, 4.69) is 35.0 Å². The SMILES string of the molecule is C[Si](C)(C)CCOCn1ncc(NC(COCCC(=O)N2CCN(c3ccc(C#N)cn3)CC2)Cc2ccccc2)c(C(F)(F)F)c1=O. The predicted molar refractivity (Wildman–Crippen MR) is 178 cm³/mol. The molecule has 1 aromatic carbocycles. The number of amides is 1. The summed E-state index contributed by atoms with van der Waals surface area (Å²) in [5, 5.41) is 15.8. The maximum absolute atomic E-state index is 14.2. The quantitative estimate of drug-likeness (QED) is 0.180. The minimum absolute atomic E-state index is 0.0134. The Morgan fingerprint density at radius 2 is 1.77 bits per heavy atom. The zero-order valence-corrected chi connectivity index (χ0v) is 28.5. The maximum atomic E-state index is 14.2. The van der Waals surface area contributed by atoms with E-state index in [9.17, 15) is 22.8 Å². The minimum atomic E-state index is -4.94. The van der Waals surface area contributed by atoms with Gasteiger partial charge in [-0.05, 0) is 30.2 Å². The van der Waals surface area contributed by atoms with Crippen LogP contribution < -0.4 is 15.8 Å². The number of rotatable bonds is 15. The summed E-state index contributed by atoms with van der Waals surface area (Å²) >= 11 is 0. The highest BCUT2D eigenvalue weighted by Crippen LogP contribution is 2.32. The second-order valence-corrected chi connectivity index (χ2v) is 18.4. The van der Waals surface area contributed by atoms with Crippen LogP contribution in [0.15, 0.2) is 59.7 Å². The van der Waals surface area contributed by atoms with Gasteiger partial charge in [-0.1, -0.05) is 50.0 Å². The smallest absolute Gasteiger partial charge is 0.379 e. The Morgan fingerprint density at radius 3 is 2.40 bits per heavy atom.